The van der Waals surface area contributed by atoms with Gasteiger partial charge in [-0.15, -0.1) is 0 Å². The number of nitro benzene ring substituents is 1. The predicted octanol–water partition coefficient (Wildman–Crippen LogP) is 5.31. The van der Waals surface area contributed by atoms with Gasteiger partial charge < -0.3 is 10.2 Å². The van der Waals surface area contributed by atoms with Crippen LogP contribution < -0.4 is 9.62 Å². The molecular formula is C30H33ClN4O6S. The van der Waals surface area contributed by atoms with E-state index in [0.29, 0.717) is 10.6 Å². The molecule has 4 rings (SSSR count). The molecule has 0 spiro atoms. The van der Waals surface area contributed by atoms with Crippen LogP contribution in [-0.2, 0) is 26.2 Å². The van der Waals surface area contributed by atoms with Gasteiger partial charge in [0.2, 0.25) is 11.8 Å². The zero-order valence-electron chi connectivity index (χ0n) is 23.2. The van der Waals surface area contributed by atoms with Gasteiger partial charge in [0.05, 0.1) is 15.5 Å². The molecule has 0 aliphatic heterocycles. The normalized spacial score (nSPS) is 14.5. The summed E-state index contributed by atoms with van der Waals surface area (Å²) in [6.07, 6.45) is 4.86. The van der Waals surface area contributed by atoms with Gasteiger partial charge >= 0.3 is 0 Å². The Morgan fingerprint density at radius 1 is 1.00 bits per heavy atom. The van der Waals surface area contributed by atoms with Crippen molar-refractivity contribution >= 4 is 44.8 Å². The molecule has 0 unspecified atom stereocenters. The molecule has 42 heavy (non-hydrogen) atoms. The number of benzene rings is 3. The number of carbonyl (C=O) groups excluding carboxylic acids is 2. The Labute approximate surface area is 250 Å². The monoisotopic (exact) mass is 612 g/mol. The second-order valence-corrected chi connectivity index (χ2v) is 12.6. The molecule has 1 atom stereocenters. The topological polar surface area (TPSA) is 130 Å². The highest BCUT2D eigenvalue weighted by atomic mass is 35.5. The summed E-state index contributed by atoms with van der Waals surface area (Å²) in [6.45, 7) is 0.900. The molecule has 0 radical (unpaired) electrons. The number of amides is 2. The van der Waals surface area contributed by atoms with Gasteiger partial charge in [-0.3, -0.25) is 24.0 Å². The first kappa shape index (κ1) is 31.0. The third kappa shape index (κ3) is 7.65. The number of nitrogens with one attached hydrogen (secondary N) is 1. The van der Waals surface area contributed by atoms with Crippen LogP contribution in [0.25, 0.3) is 0 Å². The standard InChI is InChI=1S/C30H33ClN4O6S/c1-22(30(37)32-25-12-4-2-5-13-25)33(20-23-10-8-11-24(31)18-23)29(36)21-34(26-14-9-15-27(19-26)35(38)39)42(40,41)28-16-6-3-7-17-28/h3,6-11,14-19,22,25H,2,4-5,12-13,20-21H2,1H3,(H,32,37)/t22-/m0/s1. The highest BCUT2D eigenvalue weighted by Crippen LogP contribution is 2.28. The van der Waals surface area contributed by atoms with E-state index in [2.05, 4.69) is 5.32 Å². The zero-order valence-corrected chi connectivity index (χ0v) is 24.8. The number of nitrogens with zero attached hydrogens (tertiary/aromatic N) is 3. The molecule has 1 aliphatic rings. The Morgan fingerprint density at radius 2 is 1.69 bits per heavy atom. The van der Waals surface area contributed by atoms with Crippen LogP contribution >= 0.6 is 11.6 Å². The molecular weight excluding hydrogens is 580 g/mol. The van der Waals surface area contributed by atoms with E-state index in [9.17, 15) is 28.1 Å². The van der Waals surface area contributed by atoms with Crippen LogP contribution in [0.4, 0.5) is 11.4 Å². The summed E-state index contributed by atoms with van der Waals surface area (Å²) < 4.78 is 28.5. The van der Waals surface area contributed by atoms with Gasteiger partial charge in [-0.2, -0.15) is 0 Å². The fourth-order valence-electron chi connectivity index (χ4n) is 4.99. The molecule has 222 valence electrons. The van der Waals surface area contributed by atoms with Crippen molar-refractivity contribution in [2.45, 2.75) is 62.6 Å². The molecule has 2 amide bonds. The van der Waals surface area contributed by atoms with E-state index in [1.807, 2.05) is 0 Å². The largest absolute Gasteiger partial charge is 0.352 e. The van der Waals surface area contributed by atoms with Crippen molar-refractivity contribution in [3.05, 3.63) is 99.6 Å². The first-order valence-electron chi connectivity index (χ1n) is 13.7. The van der Waals surface area contributed by atoms with Crippen molar-refractivity contribution in [1.29, 1.82) is 0 Å². The quantitative estimate of drug-likeness (QED) is 0.231. The lowest BCUT2D eigenvalue weighted by Crippen LogP contribution is -2.53. The summed E-state index contributed by atoms with van der Waals surface area (Å²) in [5, 5.41) is 15.0. The Morgan fingerprint density at radius 3 is 2.36 bits per heavy atom. The second-order valence-electron chi connectivity index (χ2n) is 10.3. The summed E-state index contributed by atoms with van der Waals surface area (Å²) >= 11 is 6.19. The van der Waals surface area contributed by atoms with E-state index >= 15 is 0 Å². The lowest BCUT2D eigenvalue weighted by Gasteiger charge is -2.33. The molecule has 0 aromatic heterocycles. The van der Waals surface area contributed by atoms with Crippen LogP contribution in [0.2, 0.25) is 5.02 Å². The van der Waals surface area contributed by atoms with Gasteiger partial charge in [0, 0.05) is 29.7 Å². The van der Waals surface area contributed by atoms with Crippen LogP contribution in [0.5, 0.6) is 0 Å². The number of rotatable bonds is 11. The minimum atomic E-state index is -4.33. The smallest absolute Gasteiger partial charge is 0.271 e. The lowest BCUT2D eigenvalue weighted by molar-refractivity contribution is -0.384. The Balaban J connectivity index is 1.70. The molecule has 3 aromatic carbocycles. The average molecular weight is 613 g/mol. The number of sulfonamides is 1. The van der Waals surface area contributed by atoms with Crippen molar-refractivity contribution in [3.8, 4) is 0 Å². The maximum atomic E-state index is 14.0. The number of halogens is 1. The molecule has 0 saturated heterocycles. The molecule has 0 bridgehead atoms. The van der Waals surface area contributed by atoms with Crippen LogP contribution in [-0.4, -0.2) is 48.7 Å². The van der Waals surface area contributed by atoms with Gasteiger partial charge in [0.1, 0.15) is 12.6 Å². The van der Waals surface area contributed by atoms with Gasteiger partial charge in [-0.1, -0.05) is 67.3 Å². The summed E-state index contributed by atoms with van der Waals surface area (Å²) in [5.74, 6) is -1.00. The number of non-ortho nitro benzene ring substituents is 1. The SMILES string of the molecule is C[C@@H](C(=O)NC1CCCCC1)N(Cc1cccc(Cl)c1)C(=O)CN(c1cccc([N+](=O)[O-])c1)S(=O)(=O)c1ccccc1. The van der Waals surface area contributed by atoms with Crippen LogP contribution in [0.1, 0.15) is 44.6 Å². The molecule has 1 fully saturated rings. The second kappa shape index (κ2) is 13.8. The number of hydrogen-bond acceptors (Lipinski definition) is 6. The van der Waals surface area contributed by atoms with Crippen molar-refractivity contribution < 1.29 is 22.9 Å². The Kier molecular flexibility index (Phi) is 10.2. The fraction of sp³-hybridized carbons (Fsp3) is 0.333. The van der Waals surface area contributed by atoms with E-state index in [1.165, 1.54) is 35.2 Å². The molecule has 1 aliphatic carbocycles. The number of anilines is 1. The van der Waals surface area contributed by atoms with Crippen molar-refractivity contribution in [3.63, 3.8) is 0 Å². The van der Waals surface area contributed by atoms with Crippen LogP contribution in [0.15, 0.2) is 83.8 Å². The van der Waals surface area contributed by atoms with Crippen molar-refractivity contribution in [1.82, 2.24) is 10.2 Å². The number of carbonyl (C=O) groups is 2. The van der Waals surface area contributed by atoms with Crippen molar-refractivity contribution in [2.24, 2.45) is 0 Å². The number of nitro groups is 1. The molecule has 3 aromatic rings. The van der Waals surface area contributed by atoms with Gasteiger partial charge in [-0.05, 0) is 55.7 Å². The maximum Gasteiger partial charge on any atom is 0.271 e. The third-order valence-electron chi connectivity index (χ3n) is 7.30. The summed E-state index contributed by atoms with van der Waals surface area (Å²) in [7, 11) is -4.33. The number of hydrogen-bond donors (Lipinski definition) is 1. The molecule has 12 heteroatoms. The first-order chi connectivity index (χ1) is 20.1. The molecule has 0 heterocycles. The summed E-state index contributed by atoms with van der Waals surface area (Å²) in [4.78, 5) is 39.5. The van der Waals surface area contributed by atoms with E-state index in [0.717, 1.165) is 42.5 Å². The van der Waals surface area contributed by atoms with E-state index in [4.69, 9.17) is 11.6 Å². The minimum absolute atomic E-state index is 0.00713. The van der Waals surface area contributed by atoms with E-state index in [1.54, 1.807) is 49.4 Å². The molecule has 10 nitrogen and oxygen atoms in total. The average Bonchev–Trinajstić information content (AvgIpc) is 2.99. The van der Waals surface area contributed by atoms with Crippen LogP contribution in [0, 0.1) is 10.1 Å². The predicted molar refractivity (Wildman–Crippen MR) is 161 cm³/mol. The van der Waals surface area contributed by atoms with E-state index < -0.39 is 33.4 Å². The van der Waals surface area contributed by atoms with Crippen LogP contribution in [0.3, 0.4) is 0 Å². The summed E-state index contributed by atoms with van der Waals surface area (Å²) in [5.41, 5.74) is 0.272. The van der Waals surface area contributed by atoms with Gasteiger partial charge in [0.15, 0.2) is 0 Å². The Hall–Kier alpha value is -3.96. The lowest BCUT2D eigenvalue weighted by atomic mass is 9.95. The van der Waals surface area contributed by atoms with Gasteiger partial charge in [0.25, 0.3) is 15.7 Å². The third-order valence-corrected chi connectivity index (χ3v) is 9.32. The first-order valence-corrected chi connectivity index (χ1v) is 15.5. The highest BCUT2D eigenvalue weighted by molar-refractivity contribution is 7.92. The molecule has 1 N–H and O–H groups in total. The minimum Gasteiger partial charge on any atom is -0.352 e. The fourth-order valence-corrected chi connectivity index (χ4v) is 6.63. The van der Waals surface area contributed by atoms with E-state index in [-0.39, 0.29) is 34.8 Å². The maximum absolute atomic E-state index is 14.0. The van der Waals surface area contributed by atoms with Gasteiger partial charge in [-0.25, -0.2) is 8.42 Å². The Bertz CT molecular complexity index is 1530. The summed E-state index contributed by atoms with van der Waals surface area (Å²) in [6, 6.07) is 18.5. The highest BCUT2D eigenvalue weighted by Gasteiger charge is 2.33. The van der Waals surface area contributed by atoms with Crippen molar-refractivity contribution in [2.75, 3.05) is 10.8 Å². The molecule has 1 saturated carbocycles. The zero-order chi connectivity index (χ0) is 30.3.